The topological polar surface area (TPSA) is 108 Å². The SMILES string of the molecule is CC/C=C\CCCCCCCC(=O)O[C@@H](COC(=O)CCCCCCCCCC)COP(=O)(O)OCC[N+](C)(C)C. The number of rotatable bonds is 28. The average Bonchev–Trinajstić information content (AvgIpc) is 2.90. The van der Waals surface area contributed by atoms with Gasteiger partial charge in [0.05, 0.1) is 27.7 Å². The fourth-order valence-electron chi connectivity index (χ4n) is 4.01. The summed E-state index contributed by atoms with van der Waals surface area (Å²) >= 11 is 0. The summed E-state index contributed by atoms with van der Waals surface area (Å²) in [5, 5.41) is 0. The highest BCUT2D eigenvalue weighted by molar-refractivity contribution is 7.47. The van der Waals surface area contributed by atoms with Gasteiger partial charge in [-0.3, -0.25) is 18.6 Å². The van der Waals surface area contributed by atoms with Gasteiger partial charge in [0.15, 0.2) is 6.10 Å². The van der Waals surface area contributed by atoms with Crippen molar-refractivity contribution < 1.29 is 42.1 Å². The highest BCUT2D eigenvalue weighted by Gasteiger charge is 2.27. The molecule has 41 heavy (non-hydrogen) atoms. The maximum absolute atomic E-state index is 12.5. The number of allylic oxidation sites excluding steroid dienone is 2. The maximum atomic E-state index is 12.5. The molecule has 0 aromatic carbocycles. The van der Waals surface area contributed by atoms with Gasteiger partial charge < -0.3 is 18.9 Å². The molecule has 1 unspecified atom stereocenters. The van der Waals surface area contributed by atoms with Gasteiger partial charge >= 0.3 is 19.8 Å². The smallest absolute Gasteiger partial charge is 0.462 e. The number of hydrogen-bond donors (Lipinski definition) is 1. The molecule has 0 saturated heterocycles. The monoisotopic (exact) mass is 606 g/mol. The molecule has 0 bridgehead atoms. The molecule has 0 aliphatic heterocycles. The fourth-order valence-corrected chi connectivity index (χ4v) is 4.75. The number of esters is 2. The highest BCUT2D eigenvalue weighted by Crippen LogP contribution is 2.43. The molecular formula is C31H61NO8P+. The van der Waals surface area contributed by atoms with Crippen molar-refractivity contribution in [3.63, 3.8) is 0 Å². The summed E-state index contributed by atoms with van der Waals surface area (Å²) in [6, 6.07) is 0. The summed E-state index contributed by atoms with van der Waals surface area (Å²) in [7, 11) is 1.47. The zero-order valence-corrected chi connectivity index (χ0v) is 27.7. The van der Waals surface area contributed by atoms with Gasteiger partial charge in [-0.2, -0.15) is 0 Å². The van der Waals surface area contributed by atoms with Gasteiger partial charge in [0.2, 0.25) is 0 Å². The zero-order valence-electron chi connectivity index (χ0n) is 26.8. The highest BCUT2D eigenvalue weighted by atomic mass is 31.2. The van der Waals surface area contributed by atoms with E-state index >= 15 is 0 Å². The first-order chi connectivity index (χ1) is 19.5. The predicted octanol–water partition coefficient (Wildman–Crippen LogP) is 7.51. The van der Waals surface area contributed by atoms with E-state index in [1.54, 1.807) is 0 Å². The van der Waals surface area contributed by atoms with Crippen molar-refractivity contribution >= 4 is 19.8 Å². The summed E-state index contributed by atoms with van der Waals surface area (Å²) in [6.07, 6.45) is 20.0. The molecule has 242 valence electrons. The lowest BCUT2D eigenvalue weighted by Gasteiger charge is -2.24. The van der Waals surface area contributed by atoms with Gasteiger partial charge in [0.1, 0.15) is 19.8 Å². The van der Waals surface area contributed by atoms with Gasteiger partial charge in [0.25, 0.3) is 0 Å². The number of carbonyl (C=O) groups is 2. The van der Waals surface area contributed by atoms with Crippen LogP contribution in [-0.4, -0.2) is 74.9 Å². The Hall–Kier alpha value is -1.25. The normalized spacial score (nSPS) is 14.2. The zero-order chi connectivity index (χ0) is 30.8. The summed E-state index contributed by atoms with van der Waals surface area (Å²) in [4.78, 5) is 34.8. The van der Waals surface area contributed by atoms with Gasteiger partial charge in [-0.25, -0.2) is 4.57 Å². The van der Waals surface area contributed by atoms with Crippen molar-refractivity contribution in [3.8, 4) is 0 Å². The minimum Gasteiger partial charge on any atom is -0.462 e. The first kappa shape index (κ1) is 39.8. The molecule has 0 radical (unpaired) electrons. The Morgan fingerprint density at radius 1 is 0.756 bits per heavy atom. The Morgan fingerprint density at radius 3 is 1.90 bits per heavy atom. The van der Waals surface area contributed by atoms with E-state index in [1.165, 1.54) is 32.1 Å². The number of unbranched alkanes of at least 4 members (excludes halogenated alkanes) is 12. The molecule has 0 saturated carbocycles. The Bertz CT molecular complexity index is 738. The molecule has 0 aromatic heterocycles. The number of nitrogens with zero attached hydrogens (tertiary/aromatic N) is 1. The molecule has 0 heterocycles. The Labute approximate surface area is 250 Å². The largest absolute Gasteiger partial charge is 0.472 e. The minimum absolute atomic E-state index is 0.0320. The second-order valence-electron chi connectivity index (χ2n) is 11.8. The van der Waals surface area contributed by atoms with Gasteiger partial charge in [-0.15, -0.1) is 0 Å². The molecule has 9 nitrogen and oxygen atoms in total. The van der Waals surface area contributed by atoms with Crippen LogP contribution in [0.4, 0.5) is 0 Å². The molecule has 1 N–H and O–H groups in total. The summed E-state index contributed by atoms with van der Waals surface area (Å²) in [6.45, 7) is 4.23. The summed E-state index contributed by atoms with van der Waals surface area (Å²) in [5.41, 5.74) is 0. The van der Waals surface area contributed by atoms with Crippen LogP contribution in [0.1, 0.15) is 123 Å². The minimum atomic E-state index is -4.35. The van der Waals surface area contributed by atoms with Crippen LogP contribution in [0.25, 0.3) is 0 Å². The van der Waals surface area contributed by atoms with Gasteiger partial charge in [-0.1, -0.05) is 90.2 Å². The van der Waals surface area contributed by atoms with Crippen LogP contribution in [0.3, 0.4) is 0 Å². The van der Waals surface area contributed by atoms with Crippen LogP contribution in [-0.2, 0) is 32.7 Å². The first-order valence-electron chi connectivity index (χ1n) is 15.9. The maximum Gasteiger partial charge on any atom is 0.472 e. The molecule has 0 amide bonds. The van der Waals surface area contributed by atoms with E-state index in [-0.39, 0.29) is 32.0 Å². The van der Waals surface area contributed by atoms with Crippen LogP contribution in [0.15, 0.2) is 12.2 Å². The summed E-state index contributed by atoms with van der Waals surface area (Å²) in [5.74, 6) is -0.820. The third kappa shape index (κ3) is 28.6. The van der Waals surface area contributed by atoms with Crippen molar-refractivity contribution in [2.75, 3.05) is 47.5 Å². The molecule has 0 aliphatic carbocycles. The molecule has 10 heteroatoms. The lowest BCUT2D eigenvalue weighted by Crippen LogP contribution is -2.37. The average molecular weight is 607 g/mol. The molecule has 0 rings (SSSR count). The Morgan fingerprint density at radius 2 is 1.32 bits per heavy atom. The molecular weight excluding hydrogens is 545 g/mol. The lowest BCUT2D eigenvalue weighted by molar-refractivity contribution is -0.870. The number of quaternary nitrogens is 1. The number of hydrogen-bond acceptors (Lipinski definition) is 7. The fraction of sp³-hybridized carbons (Fsp3) is 0.871. The van der Waals surface area contributed by atoms with Crippen molar-refractivity contribution in [1.29, 1.82) is 0 Å². The number of ether oxygens (including phenoxy) is 2. The van der Waals surface area contributed by atoms with Gasteiger partial charge in [-0.05, 0) is 32.1 Å². The van der Waals surface area contributed by atoms with E-state index in [9.17, 15) is 19.0 Å². The number of likely N-dealkylation sites (N-methyl/N-ethyl adjacent to an activating group) is 1. The van der Waals surface area contributed by atoms with E-state index in [1.807, 2.05) is 21.1 Å². The van der Waals surface area contributed by atoms with Crippen LogP contribution >= 0.6 is 7.82 Å². The number of phosphoric ester groups is 1. The van der Waals surface area contributed by atoms with Crippen molar-refractivity contribution in [1.82, 2.24) is 0 Å². The first-order valence-corrected chi connectivity index (χ1v) is 17.4. The van der Waals surface area contributed by atoms with Crippen molar-refractivity contribution in [3.05, 3.63) is 12.2 Å². The molecule has 0 spiro atoms. The second kappa shape index (κ2) is 25.3. The predicted molar refractivity (Wildman–Crippen MR) is 164 cm³/mol. The van der Waals surface area contributed by atoms with Crippen LogP contribution in [0.5, 0.6) is 0 Å². The van der Waals surface area contributed by atoms with Crippen LogP contribution < -0.4 is 0 Å². The standard InChI is InChI=1S/C31H60NO8P/c1-6-8-10-12-14-16-18-20-22-24-31(34)40-29(28-39-41(35,36)38-26-25-32(3,4)5)27-37-30(33)23-21-19-17-15-13-11-9-7-2/h8,10,29H,6-7,9,11-28H2,1-5H3/p+1/b10-8-/t29-/m0/s1. The van der Waals surface area contributed by atoms with E-state index in [2.05, 4.69) is 26.0 Å². The van der Waals surface area contributed by atoms with E-state index in [4.69, 9.17) is 18.5 Å². The Balaban J connectivity index is 4.55. The summed E-state index contributed by atoms with van der Waals surface area (Å²) < 4.78 is 33.8. The van der Waals surface area contributed by atoms with E-state index < -0.39 is 26.5 Å². The van der Waals surface area contributed by atoms with Gasteiger partial charge in [0, 0.05) is 12.8 Å². The number of carbonyl (C=O) groups excluding carboxylic acids is 2. The van der Waals surface area contributed by atoms with Crippen LogP contribution in [0, 0.1) is 0 Å². The Kier molecular flexibility index (Phi) is 24.5. The lowest BCUT2D eigenvalue weighted by atomic mass is 10.1. The quantitative estimate of drug-likeness (QED) is 0.0321. The third-order valence-electron chi connectivity index (χ3n) is 6.56. The second-order valence-corrected chi connectivity index (χ2v) is 13.3. The molecule has 0 fully saturated rings. The van der Waals surface area contributed by atoms with E-state index in [0.717, 1.165) is 57.8 Å². The number of phosphoric acid groups is 1. The third-order valence-corrected chi connectivity index (χ3v) is 7.54. The molecule has 0 aromatic rings. The molecule has 2 atom stereocenters. The molecule has 0 aliphatic rings. The van der Waals surface area contributed by atoms with Crippen molar-refractivity contribution in [2.24, 2.45) is 0 Å². The van der Waals surface area contributed by atoms with Crippen molar-refractivity contribution in [2.45, 2.75) is 129 Å². The van der Waals surface area contributed by atoms with E-state index in [0.29, 0.717) is 17.4 Å². The van der Waals surface area contributed by atoms with Crippen LogP contribution in [0.2, 0.25) is 0 Å².